The number of hydrogen-bond donors (Lipinski definition) is 3. The zero-order valence-corrected chi connectivity index (χ0v) is 21.2. The minimum Gasteiger partial charge on any atom is -0.358 e. The molecule has 0 spiro atoms. The molecule has 0 fully saturated rings. The van der Waals surface area contributed by atoms with Gasteiger partial charge >= 0.3 is 0 Å². The van der Waals surface area contributed by atoms with Crippen LogP contribution < -0.4 is 5.32 Å². The van der Waals surface area contributed by atoms with Gasteiger partial charge in [0.25, 0.3) is 0 Å². The molecule has 0 aliphatic carbocycles. The highest BCUT2D eigenvalue weighted by Crippen LogP contribution is 2.31. The van der Waals surface area contributed by atoms with Gasteiger partial charge in [0, 0.05) is 34.5 Å². The molecule has 6 rings (SSSR count). The van der Waals surface area contributed by atoms with Crippen molar-refractivity contribution in [1.82, 2.24) is 39.7 Å². The zero-order valence-electron chi connectivity index (χ0n) is 21.2. The summed E-state index contributed by atoms with van der Waals surface area (Å²) in [7, 11) is 0. The van der Waals surface area contributed by atoms with Gasteiger partial charge in [0.15, 0.2) is 5.82 Å². The topological polar surface area (TPSA) is 113 Å². The van der Waals surface area contributed by atoms with E-state index in [4.69, 9.17) is 4.98 Å². The van der Waals surface area contributed by atoms with Crippen LogP contribution in [0.5, 0.6) is 0 Å². The summed E-state index contributed by atoms with van der Waals surface area (Å²) in [5, 5.41) is 11.9. The summed E-state index contributed by atoms with van der Waals surface area (Å²) in [6.07, 6.45) is 9.17. The van der Waals surface area contributed by atoms with E-state index in [0.717, 1.165) is 61.7 Å². The molecule has 9 heteroatoms. The first-order valence-corrected chi connectivity index (χ1v) is 12.0. The third-order valence-corrected chi connectivity index (χ3v) is 6.39. The van der Waals surface area contributed by atoms with Crippen LogP contribution in [-0.4, -0.2) is 39.7 Å². The van der Waals surface area contributed by atoms with Gasteiger partial charge in [-0.1, -0.05) is 33.4 Å². The van der Waals surface area contributed by atoms with E-state index in [-0.39, 0.29) is 5.41 Å². The highest BCUT2D eigenvalue weighted by atomic mass is 15.1. The van der Waals surface area contributed by atoms with E-state index in [1.54, 1.807) is 24.9 Å². The quantitative estimate of drug-likeness (QED) is 0.273. The standard InChI is InChI=1S/C28H27N9/c1-16-14-37(15-31-16)24-8-6-7-21-26(24)34-27(33-21)25-20-10-22(30-13-23(20)35-36-25)18-9-19(12-29-11-18)32-17(2)28(3,4)5/h6-15,32H,2H2,1,3-5H3,(H,33,34)(H,35,36). The lowest BCUT2D eigenvalue weighted by Gasteiger charge is -2.23. The summed E-state index contributed by atoms with van der Waals surface area (Å²) in [4.78, 5) is 21.8. The predicted molar refractivity (Wildman–Crippen MR) is 146 cm³/mol. The largest absolute Gasteiger partial charge is 0.358 e. The van der Waals surface area contributed by atoms with E-state index in [2.05, 4.69) is 62.8 Å². The molecule has 3 N–H and O–H groups in total. The molecule has 1 aromatic carbocycles. The Labute approximate surface area is 213 Å². The Morgan fingerprint density at radius 2 is 1.92 bits per heavy atom. The van der Waals surface area contributed by atoms with E-state index in [0.29, 0.717) is 5.82 Å². The molecule has 5 heterocycles. The molecule has 0 aliphatic rings. The van der Waals surface area contributed by atoms with Crippen molar-refractivity contribution in [2.24, 2.45) is 5.41 Å². The maximum atomic E-state index is 4.92. The fraction of sp³-hybridized carbons (Fsp3) is 0.179. The van der Waals surface area contributed by atoms with Crippen molar-refractivity contribution in [3.05, 3.63) is 79.4 Å². The van der Waals surface area contributed by atoms with E-state index in [1.807, 2.05) is 48.0 Å². The van der Waals surface area contributed by atoms with Gasteiger partial charge in [0.1, 0.15) is 11.2 Å². The Bertz CT molecular complexity index is 1780. The number of pyridine rings is 2. The number of H-pyrrole nitrogens is 2. The first-order valence-electron chi connectivity index (χ1n) is 12.0. The van der Waals surface area contributed by atoms with Gasteiger partial charge in [-0.2, -0.15) is 5.10 Å². The highest BCUT2D eigenvalue weighted by molar-refractivity contribution is 5.95. The van der Waals surface area contributed by atoms with Crippen LogP contribution >= 0.6 is 0 Å². The summed E-state index contributed by atoms with van der Waals surface area (Å²) in [5.41, 5.74) is 8.63. The van der Waals surface area contributed by atoms with Gasteiger partial charge in [-0.05, 0) is 31.2 Å². The normalized spacial score (nSPS) is 11.9. The molecule has 0 radical (unpaired) electrons. The molecular formula is C28H27N9. The average molecular weight is 490 g/mol. The first kappa shape index (κ1) is 22.7. The number of allylic oxidation sites excluding steroid dienone is 1. The van der Waals surface area contributed by atoms with Crippen LogP contribution in [0.2, 0.25) is 0 Å². The number of imidazole rings is 2. The van der Waals surface area contributed by atoms with E-state index < -0.39 is 0 Å². The molecule has 0 amide bonds. The van der Waals surface area contributed by atoms with Crippen LogP contribution in [0.4, 0.5) is 5.69 Å². The number of hydrogen-bond acceptors (Lipinski definition) is 6. The molecule has 0 bridgehead atoms. The number of rotatable bonds is 5. The highest BCUT2D eigenvalue weighted by Gasteiger charge is 2.18. The maximum absolute atomic E-state index is 4.92. The molecule has 9 nitrogen and oxygen atoms in total. The number of fused-ring (bicyclic) bond motifs is 2. The monoisotopic (exact) mass is 489 g/mol. The molecule has 0 saturated carbocycles. The minimum absolute atomic E-state index is 0.0675. The predicted octanol–water partition coefficient (Wildman–Crippen LogP) is 6.03. The summed E-state index contributed by atoms with van der Waals surface area (Å²) in [6.45, 7) is 12.5. The van der Waals surface area contributed by atoms with Crippen molar-refractivity contribution in [3.63, 3.8) is 0 Å². The zero-order chi connectivity index (χ0) is 25.7. The second-order valence-electron chi connectivity index (χ2n) is 10.2. The summed E-state index contributed by atoms with van der Waals surface area (Å²) >= 11 is 0. The SMILES string of the molecule is C=C(Nc1cncc(-c2cc3c(-c4nc5c(-n6cnc(C)c6)cccc5[nH]4)n[nH]c3cn2)c1)C(C)(C)C. The van der Waals surface area contributed by atoms with E-state index in [9.17, 15) is 0 Å². The second-order valence-corrected chi connectivity index (χ2v) is 10.2. The van der Waals surface area contributed by atoms with Gasteiger partial charge in [-0.25, -0.2) is 9.97 Å². The van der Waals surface area contributed by atoms with Crippen LogP contribution in [0.3, 0.4) is 0 Å². The van der Waals surface area contributed by atoms with Crippen molar-refractivity contribution < 1.29 is 0 Å². The second kappa shape index (κ2) is 8.41. The Kier molecular flexibility index (Phi) is 5.15. The molecule has 184 valence electrons. The third-order valence-electron chi connectivity index (χ3n) is 6.39. The van der Waals surface area contributed by atoms with Crippen molar-refractivity contribution in [2.45, 2.75) is 27.7 Å². The van der Waals surface area contributed by atoms with Crippen LogP contribution in [0.15, 0.2) is 73.7 Å². The number of nitrogens with one attached hydrogen (secondary N) is 3. The van der Waals surface area contributed by atoms with Gasteiger partial charge in [0.05, 0.1) is 52.5 Å². The lowest BCUT2D eigenvalue weighted by atomic mass is 9.93. The van der Waals surface area contributed by atoms with Crippen molar-refractivity contribution >= 4 is 27.6 Å². The summed E-state index contributed by atoms with van der Waals surface area (Å²) in [6, 6.07) is 10.1. The molecule has 0 unspecified atom stereocenters. The smallest absolute Gasteiger partial charge is 0.159 e. The minimum atomic E-state index is -0.0675. The van der Waals surface area contributed by atoms with Crippen molar-refractivity contribution in [1.29, 1.82) is 0 Å². The number of benzene rings is 1. The number of aromatic nitrogens is 8. The number of para-hydroxylation sites is 1. The Hall–Kier alpha value is -4.79. The fourth-order valence-corrected chi connectivity index (χ4v) is 4.16. The summed E-state index contributed by atoms with van der Waals surface area (Å²) in [5.74, 6) is 0.678. The Balaban J connectivity index is 1.40. The van der Waals surface area contributed by atoms with Crippen molar-refractivity contribution in [3.8, 4) is 28.5 Å². The van der Waals surface area contributed by atoms with Gasteiger partial charge in [-0.15, -0.1) is 0 Å². The Morgan fingerprint density at radius 3 is 2.70 bits per heavy atom. The lowest BCUT2D eigenvalue weighted by molar-refractivity contribution is 0.509. The van der Waals surface area contributed by atoms with Crippen LogP contribution in [0, 0.1) is 12.3 Å². The maximum Gasteiger partial charge on any atom is 0.159 e. The number of nitrogens with zero attached hydrogens (tertiary/aromatic N) is 6. The van der Waals surface area contributed by atoms with Gasteiger partial charge in [-0.3, -0.25) is 15.1 Å². The molecule has 0 saturated heterocycles. The van der Waals surface area contributed by atoms with Gasteiger partial charge < -0.3 is 14.9 Å². The molecular weight excluding hydrogens is 462 g/mol. The fourth-order valence-electron chi connectivity index (χ4n) is 4.16. The van der Waals surface area contributed by atoms with Crippen LogP contribution in [0.25, 0.3) is 50.4 Å². The van der Waals surface area contributed by atoms with Crippen LogP contribution in [0.1, 0.15) is 26.5 Å². The average Bonchev–Trinajstić information content (AvgIpc) is 3.60. The van der Waals surface area contributed by atoms with Crippen LogP contribution in [-0.2, 0) is 0 Å². The molecule has 0 atom stereocenters. The first-order chi connectivity index (χ1) is 17.8. The lowest BCUT2D eigenvalue weighted by Crippen LogP contribution is -2.15. The summed E-state index contributed by atoms with van der Waals surface area (Å²) < 4.78 is 1.98. The third kappa shape index (κ3) is 4.14. The molecule has 37 heavy (non-hydrogen) atoms. The number of anilines is 1. The number of aromatic amines is 2. The number of aryl methyl sites for hydroxylation is 1. The van der Waals surface area contributed by atoms with E-state index in [1.165, 1.54) is 0 Å². The molecule has 0 aliphatic heterocycles. The van der Waals surface area contributed by atoms with Crippen molar-refractivity contribution in [2.75, 3.05) is 5.32 Å². The molecule has 6 aromatic rings. The molecule has 5 aromatic heterocycles. The van der Waals surface area contributed by atoms with E-state index >= 15 is 0 Å². The Morgan fingerprint density at radius 1 is 1.05 bits per heavy atom. The van der Waals surface area contributed by atoms with Gasteiger partial charge in [0.2, 0.25) is 0 Å².